The fourth-order valence-electron chi connectivity index (χ4n) is 3.16. The highest BCUT2D eigenvalue weighted by atomic mass is 15.1. The van der Waals surface area contributed by atoms with Crippen LogP contribution in [0.15, 0.2) is 0 Å². The van der Waals surface area contributed by atoms with Crippen molar-refractivity contribution in [2.45, 2.75) is 45.1 Å². The second kappa shape index (κ2) is 5.31. The standard InChI is InChI=1S/C13H26N2/c1-3-11-4-5-13(8-11)14-9-12-6-7-15(2)10-12/h11-14H,3-10H2,1-2H3. The third-order valence-electron chi connectivity index (χ3n) is 4.30. The van der Waals surface area contributed by atoms with Gasteiger partial charge in [0.2, 0.25) is 0 Å². The second-order valence-electron chi connectivity index (χ2n) is 5.61. The molecule has 1 N–H and O–H groups in total. The van der Waals surface area contributed by atoms with Crippen LogP contribution in [0.2, 0.25) is 0 Å². The minimum absolute atomic E-state index is 0.834. The van der Waals surface area contributed by atoms with Gasteiger partial charge in [-0.15, -0.1) is 0 Å². The quantitative estimate of drug-likeness (QED) is 0.764. The van der Waals surface area contributed by atoms with Gasteiger partial charge >= 0.3 is 0 Å². The predicted octanol–water partition coefficient (Wildman–Crippen LogP) is 2.11. The van der Waals surface area contributed by atoms with Crippen molar-refractivity contribution in [3.05, 3.63) is 0 Å². The van der Waals surface area contributed by atoms with E-state index in [4.69, 9.17) is 0 Å². The second-order valence-corrected chi connectivity index (χ2v) is 5.61. The maximum absolute atomic E-state index is 3.78. The Hall–Kier alpha value is -0.0800. The molecule has 0 aromatic carbocycles. The topological polar surface area (TPSA) is 15.3 Å². The molecule has 3 atom stereocenters. The van der Waals surface area contributed by atoms with Gasteiger partial charge in [-0.05, 0) is 57.7 Å². The SMILES string of the molecule is CCC1CCC(NCC2CCN(C)C2)C1. The summed E-state index contributed by atoms with van der Waals surface area (Å²) in [4.78, 5) is 2.45. The molecule has 0 amide bonds. The minimum atomic E-state index is 0.834. The van der Waals surface area contributed by atoms with Gasteiger partial charge in [-0.1, -0.05) is 13.3 Å². The largest absolute Gasteiger partial charge is 0.314 e. The lowest BCUT2D eigenvalue weighted by Crippen LogP contribution is -2.32. The maximum atomic E-state index is 3.78. The highest BCUT2D eigenvalue weighted by Crippen LogP contribution is 2.28. The van der Waals surface area contributed by atoms with Crippen LogP contribution >= 0.6 is 0 Å². The number of hydrogen-bond donors (Lipinski definition) is 1. The lowest BCUT2D eigenvalue weighted by molar-refractivity contribution is 0.375. The number of hydrogen-bond acceptors (Lipinski definition) is 2. The van der Waals surface area contributed by atoms with Gasteiger partial charge in [-0.25, -0.2) is 0 Å². The third-order valence-corrected chi connectivity index (χ3v) is 4.30. The van der Waals surface area contributed by atoms with Crippen LogP contribution in [-0.2, 0) is 0 Å². The molecule has 2 rings (SSSR count). The van der Waals surface area contributed by atoms with Crippen LogP contribution in [0.1, 0.15) is 39.0 Å². The Bertz CT molecular complexity index is 193. The first-order chi connectivity index (χ1) is 7.28. The molecule has 2 heteroatoms. The Balaban J connectivity index is 1.62. The van der Waals surface area contributed by atoms with E-state index in [1.807, 2.05) is 0 Å². The highest BCUT2D eigenvalue weighted by Gasteiger charge is 2.25. The molecule has 0 bridgehead atoms. The van der Waals surface area contributed by atoms with Crippen LogP contribution in [0.4, 0.5) is 0 Å². The summed E-state index contributed by atoms with van der Waals surface area (Å²) < 4.78 is 0. The predicted molar refractivity (Wildman–Crippen MR) is 65.0 cm³/mol. The van der Waals surface area contributed by atoms with Crippen LogP contribution in [0.3, 0.4) is 0 Å². The monoisotopic (exact) mass is 210 g/mol. The average molecular weight is 210 g/mol. The van der Waals surface area contributed by atoms with Crippen LogP contribution in [0.5, 0.6) is 0 Å². The van der Waals surface area contributed by atoms with E-state index in [1.54, 1.807) is 0 Å². The van der Waals surface area contributed by atoms with Gasteiger partial charge < -0.3 is 10.2 Å². The first-order valence-corrected chi connectivity index (χ1v) is 6.69. The molecule has 1 saturated heterocycles. The summed E-state index contributed by atoms with van der Waals surface area (Å²) in [7, 11) is 2.24. The summed E-state index contributed by atoms with van der Waals surface area (Å²) >= 11 is 0. The van der Waals surface area contributed by atoms with Gasteiger partial charge in [0.15, 0.2) is 0 Å². The molecule has 0 aromatic heterocycles. The summed E-state index contributed by atoms with van der Waals surface area (Å²) in [5.74, 6) is 1.92. The van der Waals surface area contributed by atoms with Crippen molar-refractivity contribution in [1.29, 1.82) is 0 Å². The van der Waals surface area contributed by atoms with Crippen molar-refractivity contribution >= 4 is 0 Å². The van der Waals surface area contributed by atoms with Gasteiger partial charge in [0.05, 0.1) is 0 Å². The molecule has 1 aliphatic carbocycles. The average Bonchev–Trinajstić information content (AvgIpc) is 2.83. The summed E-state index contributed by atoms with van der Waals surface area (Å²) in [6.45, 7) is 6.19. The number of nitrogens with zero attached hydrogens (tertiary/aromatic N) is 1. The molecule has 0 spiro atoms. The van der Waals surface area contributed by atoms with E-state index in [0.717, 1.165) is 17.9 Å². The van der Waals surface area contributed by atoms with Crippen LogP contribution in [0, 0.1) is 11.8 Å². The summed E-state index contributed by atoms with van der Waals surface area (Å²) in [6.07, 6.45) is 7.08. The summed E-state index contributed by atoms with van der Waals surface area (Å²) in [5.41, 5.74) is 0. The van der Waals surface area contributed by atoms with Crippen molar-refractivity contribution in [3.8, 4) is 0 Å². The minimum Gasteiger partial charge on any atom is -0.314 e. The molecular weight excluding hydrogens is 184 g/mol. The fourth-order valence-corrected chi connectivity index (χ4v) is 3.16. The Morgan fingerprint density at radius 1 is 1.20 bits per heavy atom. The van der Waals surface area contributed by atoms with Gasteiger partial charge in [-0.2, -0.15) is 0 Å². The highest BCUT2D eigenvalue weighted by molar-refractivity contribution is 4.82. The van der Waals surface area contributed by atoms with E-state index in [9.17, 15) is 0 Å². The fraction of sp³-hybridized carbons (Fsp3) is 1.00. The molecule has 2 fully saturated rings. The number of likely N-dealkylation sites (tertiary alicyclic amines) is 1. The van der Waals surface area contributed by atoms with E-state index >= 15 is 0 Å². The van der Waals surface area contributed by atoms with Crippen molar-refractivity contribution in [2.24, 2.45) is 11.8 Å². The van der Waals surface area contributed by atoms with Crippen molar-refractivity contribution in [1.82, 2.24) is 10.2 Å². The molecular formula is C13H26N2. The van der Waals surface area contributed by atoms with Gasteiger partial charge in [0.25, 0.3) is 0 Å². The zero-order valence-corrected chi connectivity index (χ0v) is 10.3. The van der Waals surface area contributed by atoms with E-state index in [2.05, 4.69) is 24.2 Å². The molecule has 2 aliphatic rings. The lowest BCUT2D eigenvalue weighted by atomic mass is 10.1. The smallest absolute Gasteiger partial charge is 0.00699 e. The first kappa shape index (κ1) is 11.4. The van der Waals surface area contributed by atoms with E-state index in [0.29, 0.717) is 0 Å². The molecule has 88 valence electrons. The lowest BCUT2D eigenvalue weighted by Gasteiger charge is -2.16. The van der Waals surface area contributed by atoms with E-state index in [-0.39, 0.29) is 0 Å². The van der Waals surface area contributed by atoms with Gasteiger partial charge in [0, 0.05) is 12.6 Å². The van der Waals surface area contributed by atoms with Crippen LogP contribution in [-0.4, -0.2) is 37.6 Å². The Labute approximate surface area is 94.4 Å². The molecule has 15 heavy (non-hydrogen) atoms. The van der Waals surface area contributed by atoms with E-state index in [1.165, 1.54) is 51.7 Å². The Morgan fingerprint density at radius 3 is 2.67 bits per heavy atom. The molecule has 0 radical (unpaired) electrons. The molecule has 1 saturated carbocycles. The van der Waals surface area contributed by atoms with E-state index < -0.39 is 0 Å². The van der Waals surface area contributed by atoms with Gasteiger partial charge in [-0.3, -0.25) is 0 Å². The molecule has 1 aliphatic heterocycles. The zero-order chi connectivity index (χ0) is 10.7. The number of nitrogens with one attached hydrogen (secondary N) is 1. The van der Waals surface area contributed by atoms with Gasteiger partial charge in [0.1, 0.15) is 0 Å². The normalized spacial score (nSPS) is 37.6. The first-order valence-electron chi connectivity index (χ1n) is 6.69. The van der Waals surface area contributed by atoms with Crippen molar-refractivity contribution < 1.29 is 0 Å². The Morgan fingerprint density at radius 2 is 2.07 bits per heavy atom. The van der Waals surface area contributed by atoms with Crippen LogP contribution in [0.25, 0.3) is 0 Å². The molecule has 2 nitrogen and oxygen atoms in total. The van der Waals surface area contributed by atoms with Crippen molar-refractivity contribution in [2.75, 3.05) is 26.7 Å². The Kier molecular flexibility index (Phi) is 4.04. The van der Waals surface area contributed by atoms with Crippen LogP contribution < -0.4 is 5.32 Å². The zero-order valence-electron chi connectivity index (χ0n) is 10.3. The summed E-state index contributed by atoms with van der Waals surface area (Å²) in [6, 6.07) is 0.834. The molecule has 3 unspecified atom stereocenters. The third kappa shape index (κ3) is 3.18. The number of rotatable bonds is 4. The maximum Gasteiger partial charge on any atom is 0.00699 e. The van der Waals surface area contributed by atoms with Crippen molar-refractivity contribution in [3.63, 3.8) is 0 Å². The summed E-state index contributed by atoms with van der Waals surface area (Å²) in [5, 5.41) is 3.78. The molecule has 1 heterocycles. The molecule has 0 aromatic rings.